The predicted molar refractivity (Wildman–Crippen MR) is 55.3 cm³/mol. The molecule has 1 aromatic rings. The van der Waals surface area contributed by atoms with E-state index in [1.165, 1.54) is 24.2 Å². The molecule has 0 N–H and O–H groups in total. The number of benzene rings is 1. The monoisotopic (exact) mass is 179 g/mol. The van der Waals surface area contributed by atoms with Gasteiger partial charge in [0.1, 0.15) is 0 Å². The Balaban J connectivity index is 2.40. The Hall–Kier alpha value is -0.630. The smallest absolute Gasteiger partial charge is 0.0400 e. The van der Waals surface area contributed by atoms with Gasteiger partial charge in [0.05, 0.1) is 0 Å². The zero-order valence-electron chi connectivity index (χ0n) is 7.25. The molecule has 0 amide bonds. The van der Waals surface area contributed by atoms with Gasteiger partial charge in [-0.3, -0.25) is 0 Å². The molecule has 0 aromatic heterocycles. The Bertz CT molecular complexity index is 296. The van der Waals surface area contributed by atoms with Crippen molar-refractivity contribution in [2.24, 2.45) is 0 Å². The molecule has 0 atom stereocenters. The van der Waals surface area contributed by atoms with Crippen LogP contribution >= 0.6 is 12.6 Å². The lowest BCUT2D eigenvalue weighted by Gasteiger charge is -2.16. The van der Waals surface area contributed by atoms with Crippen LogP contribution in [0.4, 0.5) is 5.69 Å². The molecule has 2 heteroatoms. The van der Waals surface area contributed by atoms with Crippen molar-refractivity contribution in [2.45, 2.75) is 18.2 Å². The maximum Gasteiger partial charge on any atom is 0.0400 e. The Morgan fingerprint density at radius 3 is 3.08 bits per heavy atom. The van der Waals surface area contributed by atoms with Crippen LogP contribution in [0.5, 0.6) is 0 Å². The summed E-state index contributed by atoms with van der Waals surface area (Å²) in [7, 11) is 0. The maximum absolute atomic E-state index is 4.32. The van der Waals surface area contributed by atoms with E-state index in [0.717, 1.165) is 11.4 Å². The Morgan fingerprint density at radius 2 is 2.33 bits per heavy atom. The first kappa shape index (κ1) is 7.99. The molecule has 0 aliphatic carbocycles. The van der Waals surface area contributed by atoms with E-state index in [2.05, 4.69) is 42.7 Å². The van der Waals surface area contributed by atoms with Gasteiger partial charge in [0.25, 0.3) is 0 Å². The van der Waals surface area contributed by atoms with Crippen LogP contribution < -0.4 is 4.90 Å². The fourth-order valence-corrected chi connectivity index (χ4v) is 2.02. The summed E-state index contributed by atoms with van der Waals surface area (Å²) in [5, 5.41) is 0. The molecule has 1 aliphatic rings. The lowest BCUT2D eigenvalue weighted by atomic mass is 10.2. The zero-order chi connectivity index (χ0) is 8.55. The van der Waals surface area contributed by atoms with Gasteiger partial charge in [-0.15, -0.1) is 12.6 Å². The first-order valence-electron chi connectivity index (χ1n) is 4.38. The van der Waals surface area contributed by atoms with Crippen LogP contribution in [-0.4, -0.2) is 13.1 Å². The van der Waals surface area contributed by atoms with Gasteiger partial charge in [0.2, 0.25) is 0 Å². The molecule has 0 fully saturated rings. The first-order valence-corrected chi connectivity index (χ1v) is 4.83. The molecule has 0 saturated heterocycles. The van der Waals surface area contributed by atoms with Crippen LogP contribution in [0.1, 0.15) is 12.5 Å². The second-order valence-electron chi connectivity index (χ2n) is 3.14. The quantitative estimate of drug-likeness (QED) is 0.648. The van der Waals surface area contributed by atoms with Gasteiger partial charge < -0.3 is 4.90 Å². The van der Waals surface area contributed by atoms with E-state index in [9.17, 15) is 0 Å². The molecule has 0 bridgehead atoms. The molecule has 2 rings (SSSR count). The zero-order valence-corrected chi connectivity index (χ0v) is 8.14. The van der Waals surface area contributed by atoms with Gasteiger partial charge in [-0.1, -0.05) is 0 Å². The molecule has 12 heavy (non-hydrogen) atoms. The van der Waals surface area contributed by atoms with Gasteiger partial charge in [-0.05, 0) is 37.1 Å². The number of likely N-dealkylation sites (N-methyl/N-ethyl adjacent to an activating group) is 1. The minimum absolute atomic E-state index is 1.08. The van der Waals surface area contributed by atoms with Gasteiger partial charge >= 0.3 is 0 Å². The predicted octanol–water partition coefficient (Wildman–Crippen LogP) is 2.36. The molecule has 1 aromatic carbocycles. The summed E-state index contributed by atoms with van der Waals surface area (Å²) >= 11 is 4.32. The second kappa shape index (κ2) is 3.02. The van der Waals surface area contributed by atoms with Crippen molar-refractivity contribution in [3.8, 4) is 0 Å². The Labute approximate surface area is 78.8 Å². The van der Waals surface area contributed by atoms with Gasteiger partial charge in [0.15, 0.2) is 0 Å². The molecule has 0 saturated carbocycles. The van der Waals surface area contributed by atoms with Crippen molar-refractivity contribution in [1.82, 2.24) is 0 Å². The summed E-state index contributed by atoms with van der Waals surface area (Å²) in [6, 6.07) is 6.41. The summed E-state index contributed by atoms with van der Waals surface area (Å²) in [6.45, 7) is 4.48. The summed E-state index contributed by atoms with van der Waals surface area (Å²) in [4.78, 5) is 3.48. The number of thiol groups is 1. The van der Waals surface area contributed by atoms with Gasteiger partial charge in [0, 0.05) is 23.7 Å². The number of nitrogens with zero attached hydrogens (tertiary/aromatic N) is 1. The van der Waals surface area contributed by atoms with E-state index in [-0.39, 0.29) is 0 Å². The molecule has 1 aliphatic heterocycles. The number of anilines is 1. The molecule has 0 unspecified atom stereocenters. The van der Waals surface area contributed by atoms with Crippen molar-refractivity contribution in [1.29, 1.82) is 0 Å². The molecule has 1 nitrogen and oxygen atoms in total. The number of rotatable bonds is 1. The number of hydrogen-bond donors (Lipinski definition) is 1. The molecule has 0 spiro atoms. The van der Waals surface area contributed by atoms with Crippen molar-refractivity contribution in [3.63, 3.8) is 0 Å². The van der Waals surface area contributed by atoms with Crippen LogP contribution in [-0.2, 0) is 6.42 Å². The highest BCUT2D eigenvalue weighted by atomic mass is 32.1. The highest BCUT2D eigenvalue weighted by Crippen LogP contribution is 2.29. The highest BCUT2D eigenvalue weighted by Gasteiger charge is 2.16. The highest BCUT2D eigenvalue weighted by molar-refractivity contribution is 7.80. The fraction of sp³-hybridized carbons (Fsp3) is 0.400. The number of hydrogen-bond acceptors (Lipinski definition) is 2. The van der Waals surface area contributed by atoms with Crippen molar-refractivity contribution in [2.75, 3.05) is 18.0 Å². The van der Waals surface area contributed by atoms with Gasteiger partial charge in [-0.2, -0.15) is 0 Å². The fourth-order valence-electron chi connectivity index (χ4n) is 1.78. The molecule has 0 radical (unpaired) electrons. The summed E-state index contributed by atoms with van der Waals surface area (Å²) in [5.74, 6) is 0. The SMILES string of the molecule is CCN1CCc2cc(S)ccc21. The van der Waals surface area contributed by atoms with Crippen LogP contribution in [0, 0.1) is 0 Å². The largest absolute Gasteiger partial charge is 0.371 e. The normalized spacial score (nSPS) is 15.0. The Morgan fingerprint density at radius 1 is 1.50 bits per heavy atom. The third-order valence-corrected chi connectivity index (χ3v) is 2.71. The van der Waals surface area contributed by atoms with E-state index < -0.39 is 0 Å². The third-order valence-electron chi connectivity index (χ3n) is 2.44. The van der Waals surface area contributed by atoms with E-state index in [4.69, 9.17) is 0 Å². The average Bonchev–Trinajstić information content (AvgIpc) is 2.46. The molecule has 64 valence electrons. The van der Waals surface area contributed by atoms with Crippen molar-refractivity contribution >= 4 is 18.3 Å². The summed E-state index contributed by atoms with van der Waals surface area (Å²) < 4.78 is 0. The van der Waals surface area contributed by atoms with E-state index >= 15 is 0 Å². The van der Waals surface area contributed by atoms with Crippen LogP contribution in [0.25, 0.3) is 0 Å². The van der Waals surface area contributed by atoms with E-state index in [0.29, 0.717) is 0 Å². The summed E-state index contributed by atoms with van der Waals surface area (Å²) in [5.41, 5.74) is 2.85. The second-order valence-corrected chi connectivity index (χ2v) is 3.66. The topological polar surface area (TPSA) is 3.24 Å². The minimum atomic E-state index is 1.08. The number of fused-ring (bicyclic) bond motifs is 1. The summed E-state index contributed by atoms with van der Waals surface area (Å²) in [6.07, 6.45) is 1.18. The van der Waals surface area contributed by atoms with Crippen molar-refractivity contribution in [3.05, 3.63) is 23.8 Å². The molecular formula is C10H13NS. The van der Waals surface area contributed by atoms with E-state index in [1.54, 1.807) is 0 Å². The standard InChI is InChI=1S/C10H13NS/c1-2-11-6-5-8-7-9(12)3-4-10(8)11/h3-4,7,12H,2,5-6H2,1H3. The Kier molecular flexibility index (Phi) is 2.01. The molecular weight excluding hydrogens is 166 g/mol. The third kappa shape index (κ3) is 1.20. The first-order chi connectivity index (χ1) is 5.81. The van der Waals surface area contributed by atoms with Crippen LogP contribution in [0.3, 0.4) is 0 Å². The minimum Gasteiger partial charge on any atom is -0.371 e. The lowest BCUT2D eigenvalue weighted by molar-refractivity contribution is 0.868. The lowest BCUT2D eigenvalue weighted by Crippen LogP contribution is -2.18. The van der Waals surface area contributed by atoms with E-state index in [1.807, 2.05) is 0 Å². The maximum atomic E-state index is 4.32. The van der Waals surface area contributed by atoms with Crippen LogP contribution in [0.2, 0.25) is 0 Å². The van der Waals surface area contributed by atoms with Crippen molar-refractivity contribution < 1.29 is 0 Å². The molecule has 1 heterocycles. The van der Waals surface area contributed by atoms with Crippen LogP contribution in [0.15, 0.2) is 23.1 Å². The average molecular weight is 179 g/mol. The van der Waals surface area contributed by atoms with Gasteiger partial charge in [-0.25, -0.2) is 0 Å².